The largest absolute Gasteiger partial charge is 0.378 e. The fourth-order valence-corrected chi connectivity index (χ4v) is 4.17. The predicted molar refractivity (Wildman–Crippen MR) is 116 cm³/mol. The molecule has 0 heterocycles. The van der Waals surface area contributed by atoms with Crippen molar-refractivity contribution in [2.75, 3.05) is 31.2 Å². The van der Waals surface area contributed by atoms with Crippen molar-refractivity contribution in [1.29, 1.82) is 0 Å². The number of nitrogens with one attached hydrogen (secondary N) is 2. The van der Waals surface area contributed by atoms with Gasteiger partial charge in [-0.2, -0.15) is 0 Å². The third-order valence-electron chi connectivity index (χ3n) is 5.24. The van der Waals surface area contributed by atoms with Crippen molar-refractivity contribution >= 4 is 39.8 Å². The van der Waals surface area contributed by atoms with E-state index in [1.807, 2.05) is 13.8 Å². The molecule has 0 radical (unpaired) electrons. The molecule has 2 atom stereocenters. The van der Waals surface area contributed by atoms with Crippen LogP contribution in [-0.4, -0.2) is 57.7 Å². The topological polar surface area (TPSA) is 79.8 Å². The van der Waals surface area contributed by atoms with Crippen molar-refractivity contribution in [3.8, 4) is 0 Å². The van der Waals surface area contributed by atoms with Gasteiger partial charge in [-0.25, -0.2) is 8.42 Å². The van der Waals surface area contributed by atoms with Crippen LogP contribution in [0.2, 0.25) is 0 Å². The molecule has 0 spiro atoms. The molecule has 2 N–H and O–H groups in total. The maximum Gasteiger partial charge on any atom is 0.191 e. The van der Waals surface area contributed by atoms with E-state index in [2.05, 4.69) is 29.5 Å². The summed E-state index contributed by atoms with van der Waals surface area (Å²) in [6, 6.07) is 0.310. The Morgan fingerprint density at radius 1 is 1.20 bits per heavy atom. The highest BCUT2D eigenvalue weighted by atomic mass is 127. The Kier molecular flexibility index (Phi) is 11.5. The first-order chi connectivity index (χ1) is 11.4. The number of aliphatic imine (C=N–C) groups is 1. The Balaban J connectivity index is 0.00000576. The van der Waals surface area contributed by atoms with Crippen LogP contribution >= 0.6 is 24.0 Å². The van der Waals surface area contributed by atoms with Crippen molar-refractivity contribution in [1.82, 2.24) is 10.6 Å². The summed E-state index contributed by atoms with van der Waals surface area (Å²) in [5.41, 5.74) is 0.127. The van der Waals surface area contributed by atoms with E-state index in [0.29, 0.717) is 24.7 Å². The molecule has 0 bridgehead atoms. The molecule has 150 valence electrons. The minimum Gasteiger partial charge on any atom is -0.378 e. The molecule has 25 heavy (non-hydrogen) atoms. The summed E-state index contributed by atoms with van der Waals surface area (Å²) in [5, 5.41) is 6.73. The molecule has 0 aromatic carbocycles. The molecule has 1 aliphatic rings. The summed E-state index contributed by atoms with van der Waals surface area (Å²) in [6.45, 7) is 11.9. The zero-order valence-corrected chi connectivity index (χ0v) is 19.4. The summed E-state index contributed by atoms with van der Waals surface area (Å²) in [5.74, 6) is 0.967. The molecule has 2 unspecified atom stereocenters. The van der Waals surface area contributed by atoms with E-state index in [1.54, 1.807) is 6.92 Å². The van der Waals surface area contributed by atoms with Gasteiger partial charge in [-0.3, -0.25) is 4.99 Å². The lowest BCUT2D eigenvalue weighted by Gasteiger charge is -2.55. The van der Waals surface area contributed by atoms with Gasteiger partial charge in [0.15, 0.2) is 15.8 Å². The predicted octanol–water partition coefficient (Wildman–Crippen LogP) is 2.58. The Labute approximate surface area is 170 Å². The summed E-state index contributed by atoms with van der Waals surface area (Å²) in [6.07, 6.45) is 3.36. The molecule has 1 aliphatic carbocycles. The van der Waals surface area contributed by atoms with E-state index in [9.17, 15) is 8.42 Å². The Hall–Kier alpha value is -0.0900. The fraction of sp³-hybridized carbons (Fsp3) is 0.941. The van der Waals surface area contributed by atoms with Gasteiger partial charge in [0.2, 0.25) is 0 Å². The van der Waals surface area contributed by atoms with Gasteiger partial charge >= 0.3 is 0 Å². The summed E-state index contributed by atoms with van der Waals surface area (Å²) >= 11 is 0. The van der Waals surface area contributed by atoms with Crippen LogP contribution in [0.5, 0.6) is 0 Å². The molecule has 0 aromatic heterocycles. The summed E-state index contributed by atoms with van der Waals surface area (Å²) < 4.78 is 29.1. The number of nitrogens with zero attached hydrogens (tertiary/aromatic N) is 1. The van der Waals surface area contributed by atoms with Crippen LogP contribution in [0.3, 0.4) is 0 Å². The molecule has 8 heteroatoms. The van der Waals surface area contributed by atoms with E-state index in [4.69, 9.17) is 4.74 Å². The van der Waals surface area contributed by atoms with Gasteiger partial charge < -0.3 is 15.4 Å². The molecular formula is C17H36IN3O3S. The first-order valence-electron chi connectivity index (χ1n) is 9.25. The zero-order valence-electron chi connectivity index (χ0n) is 16.3. The van der Waals surface area contributed by atoms with E-state index in [-0.39, 0.29) is 40.9 Å². The van der Waals surface area contributed by atoms with Gasteiger partial charge in [0.1, 0.15) is 0 Å². The van der Waals surface area contributed by atoms with Crippen LogP contribution in [0.4, 0.5) is 0 Å². The third kappa shape index (κ3) is 6.53. The molecule has 0 aromatic rings. The van der Waals surface area contributed by atoms with Crippen LogP contribution in [0.25, 0.3) is 0 Å². The second-order valence-corrected chi connectivity index (χ2v) is 8.79. The number of sulfone groups is 1. The first kappa shape index (κ1) is 24.9. The number of hydrogen-bond donors (Lipinski definition) is 2. The summed E-state index contributed by atoms with van der Waals surface area (Å²) in [4.78, 5) is 4.45. The van der Waals surface area contributed by atoms with E-state index >= 15 is 0 Å². The Morgan fingerprint density at radius 2 is 1.84 bits per heavy atom. The quantitative estimate of drug-likeness (QED) is 0.280. The molecule has 1 rings (SSSR count). The van der Waals surface area contributed by atoms with Crippen molar-refractivity contribution in [2.24, 2.45) is 10.4 Å². The molecule has 0 amide bonds. The second kappa shape index (κ2) is 11.6. The molecule has 0 aliphatic heterocycles. The van der Waals surface area contributed by atoms with Gasteiger partial charge in [0.25, 0.3) is 0 Å². The van der Waals surface area contributed by atoms with Crippen molar-refractivity contribution in [3.05, 3.63) is 0 Å². The SMILES string of the molecule is CCNC(=NCCS(=O)(=O)CC)NC1CC(OCC)C1(CC)CC.I. The highest BCUT2D eigenvalue weighted by Crippen LogP contribution is 2.48. The van der Waals surface area contributed by atoms with Crippen molar-refractivity contribution in [3.63, 3.8) is 0 Å². The number of halogens is 1. The van der Waals surface area contributed by atoms with Crippen molar-refractivity contribution in [2.45, 2.75) is 66.0 Å². The number of ether oxygens (including phenoxy) is 1. The second-order valence-electron chi connectivity index (χ2n) is 6.31. The molecule has 6 nitrogen and oxygen atoms in total. The van der Waals surface area contributed by atoms with Gasteiger partial charge in [0.05, 0.1) is 18.4 Å². The van der Waals surface area contributed by atoms with E-state index in [1.165, 1.54) is 0 Å². The standard InChI is InChI=1S/C17H35N3O3S.HI/c1-6-17(7-2)14(13-15(17)23-9-4)20-16(18-8-3)19-11-12-24(21,22)10-5;/h14-15H,6-13H2,1-5H3,(H2,18,19,20);1H. The first-order valence-corrected chi connectivity index (χ1v) is 11.1. The Morgan fingerprint density at radius 3 is 2.32 bits per heavy atom. The lowest BCUT2D eigenvalue weighted by molar-refractivity contribution is -0.133. The lowest BCUT2D eigenvalue weighted by Crippen LogP contribution is -2.65. The van der Waals surface area contributed by atoms with Crippen LogP contribution in [0.15, 0.2) is 4.99 Å². The molecule has 1 fully saturated rings. The third-order valence-corrected chi connectivity index (χ3v) is 6.92. The maximum absolute atomic E-state index is 11.6. The van der Waals surface area contributed by atoms with E-state index in [0.717, 1.165) is 32.4 Å². The van der Waals surface area contributed by atoms with Crippen LogP contribution in [-0.2, 0) is 14.6 Å². The zero-order chi connectivity index (χ0) is 18.2. The van der Waals surface area contributed by atoms with Crippen LogP contribution in [0.1, 0.15) is 53.9 Å². The van der Waals surface area contributed by atoms with Gasteiger partial charge in [-0.15, -0.1) is 24.0 Å². The van der Waals surface area contributed by atoms with Gasteiger partial charge in [-0.1, -0.05) is 20.8 Å². The van der Waals surface area contributed by atoms with Crippen molar-refractivity contribution < 1.29 is 13.2 Å². The van der Waals surface area contributed by atoms with Crippen LogP contribution in [0, 0.1) is 5.41 Å². The number of guanidine groups is 1. The normalized spacial score (nSPS) is 22.7. The van der Waals surface area contributed by atoms with E-state index < -0.39 is 9.84 Å². The maximum atomic E-state index is 11.6. The number of rotatable bonds is 10. The molecule has 0 saturated heterocycles. The molecular weight excluding hydrogens is 453 g/mol. The summed E-state index contributed by atoms with van der Waals surface area (Å²) in [7, 11) is -2.98. The van der Waals surface area contributed by atoms with Gasteiger partial charge in [-0.05, 0) is 33.1 Å². The Bertz CT molecular complexity index is 507. The fourth-order valence-electron chi connectivity index (χ4n) is 3.51. The highest BCUT2D eigenvalue weighted by molar-refractivity contribution is 14.0. The molecule has 1 saturated carbocycles. The lowest BCUT2D eigenvalue weighted by atomic mass is 9.58. The van der Waals surface area contributed by atoms with Crippen LogP contribution < -0.4 is 10.6 Å². The smallest absolute Gasteiger partial charge is 0.191 e. The van der Waals surface area contributed by atoms with Gasteiger partial charge in [0, 0.05) is 30.4 Å². The average Bonchev–Trinajstić information content (AvgIpc) is 2.55. The number of hydrogen-bond acceptors (Lipinski definition) is 4. The average molecular weight is 489 g/mol. The minimum atomic E-state index is -2.98. The highest BCUT2D eigenvalue weighted by Gasteiger charge is 2.53. The minimum absolute atomic E-state index is 0. The monoisotopic (exact) mass is 489 g/mol.